The molecule has 0 aliphatic rings. The van der Waals surface area contributed by atoms with Crippen molar-refractivity contribution in [2.75, 3.05) is 19.0 Å². The van der Waals surface area contributed by atoms with Crippen LogP contribution >= 0.6 is 11.6 Å². The van der Waals surface area contributed by atoms with Gasteiger partial charge in [0.2, 0.25) is 0 Å². The summed E-state index contributed by atoms with van der Waals surface area (Å²) in [6.07, 6.45) is 1.84. The van der Waals surface area contributed by atoms with Gasteiger partial charge in [-0.25, -0.2) is 0 Å². The van der Waals surface area contributed by atoms with Gasteiger partial charge in [0, 0.05) is 37.0 Å². The molecule has 1 heterocycles. The third kappa shape index (κ3) is 3.69. The van der Waals surface area contributed by atoms with Crippen LogP contribution in [0.2, 0.25) is 5.02 Å². The molecule has 0 fully saturated rings. The van der Waals surface area contributed by atoms with E-state index in [-0.39, 0.29) is 0 Å². The van der Waals surface area contributed by atoms with Gasteiger partial charge in [0.1, 0.15) is 0 Å². The summed E-state index contributed by atoms with van der Waals surface area (Å²) >= 11 is 6.19. The maximum atomic E-state index is 6.19. The topological polar surface area (TPSA) is 28.2 Å². The van der Waals surface area contributed by atoms with E-state index in [1.807, 2.05) is 37.5 Å². The fourth-order valence-corrected chi connectivity index (χ4v) is 2.15. The van der Waals surface area contributed by atoms with Gasteiger partial charge in [-0.2, -0.15) is 0 Å². The molecule has 0 aliphatic heterocycles. The highest BCUT2D eigenvalue weighted by Crippen LogP contribution is 2.20. The van der Waals surface area contributed by atoms with E-state index >= 15 is 0 Å². The summed E-state index contributed by atoms with van der Waals surface area (Å²) in [6, 6.07) is 12.0. The Labute approximate surface area is 119 Å². The van der Waals surface area contributed by atoms with E-state index in [4.69, 9.17) is 11.6 Å². The van der Waals surface area contributed by atoms with Crippen molar-refractivity contribution in [1.82, 2.24) is 10.3 Å². The molecule has 1 aromatic heterocycles. The molecule has 0 unspecified atom stereocenters. The zero-order valence-electron chi connectivity index (χ0n) is 11.2. The van der Waals surface area contributed by atoms with Crippen LogP contribution in [0.5, 0.6) is 0 Å². The minimum Gasteiger partial charge on any atom is -0.370 e. The Hall–Kier alpha value is -1.58. The summed E-state index contributed by atoms with van der Waals surface area (Å²) in [6.45, 7) is 1.55. The van der Waals surface area contributed by atoms with Gasteiger partial charge in [0.05, 0.1) is 5.69 Å². The van der Waals surface area contributed by atoms with Crippen molar-refractivity contribution < 1.29 is 0 Å². The standard InChI is InChI=1S/C15H18ClN3/c1-17-10-13-9-14(7-8-18-13)19(2)11-12-5-3-4-6-15(12)16/h3-9,17H,10-11H2,1-2H3. The highest BCUT2D eigenvalue weighted by molar-refractivity contribution is 6.31. The first-order valence-corrected chi connectivity index (χ1v) is 6.62. The Balaban J connectivity index is 2.13. The maximum absolute atomic E-state index is 6.19. The first-order valence-electron chi connectivity index (χ1n) is 6.25. The summed E-state index contributed by atoms with van der Waals surface area (Å²) in [4.78, 5) is 6.49. The summed E-state index contributed by atoms with van der Waals surface area (Å²) in [5.74, 6) is 0. The predicted molar refractivity (Wildman–Crippen MR) is 80.6 cm³/mol. The fourth-order valence-electron chi connectivity index (χ4n) is 1.95. The Morgan fingerprint density at radius 3 is 2.79 bits per heavy atom. The number of pyridine rings is 1. The zero-order chi connectivity index (χ0) is 13.7. The molecule has 2 aromatic rings. The van der Waals surface area contributed by atoms with Crippen molar-refractivity contribution in [3.63, 3.8) is 0 Å². The minimum atomic E-state index is 0.772. The largest absolute Gasteiger partial charge is 0.370 e. The highest BCUT2D eigenvalue weighted by atomic mass is 35.5. The van der Waals surface area contributed by atoms with Gasteiger partial charge >= 0.3 is 0 Å². The number of halogens is 1. The smallest absolute Gasteiger partial charge is 0.0562 e. The van der Waals surface area contributed by atoms with Crippen molar-refractivity contribution in [2.45, 2.75) is 13.1 Å². The molecular weight excluding hydrogens is 258 g/mol. The van der Waals surface area contributed by atoms with Crippen molar-refractivity contribution in [1.29, 1.82) is 0 Å². The number of benzene rings is 1. The van der Waals surface area contributed by atoms with Gasteiger partial charge in [-0.3, -0.25) is 4.98 Å². The third-order valence-electron chi connectivity index (χ3n) is 2.96. The van der Waals surface area contributed by atoms with Crippen LogP contribution in [0.25, 0.3) is 0 Å². The van der Waals surface area contributed by atoms with Crippen molar-refractivity contribution in [2.24, 2.45) is 0 Å². The Morgan fingerprint density at radius 2 is 2.05 bits per heavy atom. The molecule has 0 radical (unpaired) electrons. The molecule has 0 saturated heterocycles. The Bertz CT molecular complexity index is 542. The van der Waals surface area contributed by atoms with Crippen LogP contribution < -0.4 is 10.2 Å². The molecule has 0 saturated carbocycles. The molecule has 0 bridgehead atoms. The molecule has 100 valence electrons. The normalized spacial score (nSPS) is 10.5. The second-order valence-electron chi connectivity index (χ2n) is 4.48. The molecule has 0 spiro atoms. The van der Waals surface area contributed by atoms with Crippen LogP contribution in [-0.2, 0) is 13.1 Å². The summed E-state index contributed by atoms with van der Waals surface area (Å²) < 4.78 is 0. The number of hydrogen-bond acceptors (Lipinski definition) is 3. The molecule has 1 aromatic carbocycles. The Kier molecular flexibility index (Phi) is 4.77. The minimum absolute atomic E-state index is 0.772. The molecule has 19 heavy (non-hydrogen) atoms. The number of rotatable bonds is 5. The molecule has 4 heteroatoms. The van der Waals surface area contributed by atoms with Gasteiger partial charge in [-0.05, 0) is 30.8 Å². The monoisotopic (exact) mass is 275 g/mol. The van der Waals surface area contributed by atoms with E-state index in [9.17, 15) is 0 Å². The highest BCUT2D eigenvalue weighted by Gasteiger charge is 2.06. The number of hydrogen-bond donors (Lipinski definition) is 1. The maximum Gasteiger partial charge on any atom is 0.0562 e. The van der Waals surface area contributed by atoms with E-state index in [1.165, 1.54) is 0 Å². The van der Waals surface area contributed by atoms with Crippen molar-refractivity contribution in [3.8, 4) is 0 Å². The van der Waals surface area contributed by atoms with Crippen LogP contribution in [0.3, 0.4) is 0 Å². The number of anilines is 1. The lowest BCUT2D eigenvalue weighted by Gasteiger charge is -2.20. The van der Waals surface area contributed by atoms with Crippen molar-refractivity contribution in [3.05, 3.63) is 58.9 Å². The average molecular weight is 276 g/mol. The summed E-state index contributed by atoms with van der Waals surface area (Å²) in [5.41, 5.74) is 3.30. The van der Waals surface area contributed by atoms with Crippen LogP contribution in [0.4, 0.5) is 5.69 Å². The average Bonchev–Trinajstić information content (AvgIpc) is 2.42. The van der Waals surface area contributed by atoms with Crippen LogP contribution in [0, 0.1) is 0 Å². The molecule has 2 rings (SSSR count). The quantitative estimate of drug-likeness (QED) is 0.909. The van der Waals surface area contributed by atoms with E-state index in [0.29, 0.717) is 0 Å². The summed E-state index contributed by atoms with van der Waals surface area (Å²) in [7, 11) is 3.98. The lowest BCUT2D eigenvalue weighted by Crippen LogP contribution is -2.17. The predicted octanol–water partition coefficient (Wildman–Crippen LogP) is 3.09. The second-order valence-corrected chi connectivity index (χ2v) is 4.89. The lowest BCUT2D eigenvalue weighted by molar-refractivity contribution is 0.788. The molecular formula is C15H18ClN3. The molecule has 0 aliphatic carbocycles. The molecule has 0 amide bonds. The third-order valence-corrected chi connectivity index (χ3v) is 3.33. The van der Waals surface area contributed by atoms with Gasteiger partial charge in [0.25, 0.3) is 0 Å². The fraction of sp³-hybridized carbons (Fsp3) is 0.267. The van der Waals surface area contributed by atoms with Crippen LogP contribution in [0.15, 0.2) is 42.6 Å². The molecule has 1 N–H and O–H groups in total. The van der Waals surface area contributed by atoms with Gasteiger partial charge in [-0.1, -0.05) is 29.8 Å². The molecule has 3 nitrogen and oxygen atoms in total. The SMILES string of the molecule is CNCc1cc(N(C)Cc2ccccc2Cl)ccn1. The van der Waals surface area contributed by atoms with E-state index in [0.717, 1.165) is 35.1 Å². The van der Waals surface area contributed by atoms with Crippen LogP contribution in [-0.4, -0.2) is 19.1 Å². The number of aromatic nitrogens is 1. The van der Waals surface area contributed by atoms with Crippen molar-refractivity contribution >= 4 is 17.3 Å². The zero-order valence-corrected chi connectivity index (χ0v) is 12.0. The summed E-state index contributed by atoms with van der Waals surface area (Å²) in [5, 5.41) is 3.91. The van der Waals surface area contributed by atoms with E-state index < -0.39 is 0 Å². The van der Waals surface area contributed by atoms with Crippen LogP contribution in [0.1, 0.15) is 11.3 Å². The first-order chi connectivity index (χ1) is 9.20. The first kappa shape index (κ1) is 13.8. The Morgan fingerprint density at radius 1 is 1.26 bits per heavy atom. The van der Waals surface area contributed by atoms with E-state index in [2.05, 4.69) is 34.4 Å². The number of nitrogens with one attached hydrogen (secondary N) is 1. The van der Waals surface area contributed by atoms with Gasteiger partial charge < -0.3 is 10.2 Å². The van der Waals surface area contributed by atoms with Gasteiger partial charge in [-0.15, -0.1) is 0 Å². The second kappa shape index (κ2) is 6.55. The van der Waals surface area contributed by atoms with Gasteiger partial charge in [0.15, 0.2) is 0 Å². The lowest BCUT2D eigenvalue weighted by atomic mass is 10.2. The van der Waals surface area contributed by atoms with E-state index in [1.54, 1.807) is 0 Å². The molecule has 0 atom stereocenters. The number of nitrogens with zero attached hydrogens (tertiary/aromatic N) is 2.